The number of hydrazine groups is 1. The van der Waals surface area contributed by atoms with Crippen LogP contribution in [-0.2, 0) is 4.79 Å². The molecule has 2 aromatic rings. The molecule has 0 aliphatic carbocycles. The van der Waals surface area contributed by atoms with Gasteiger partial charge >= 0.3 is 0 Å². The molecule has 1 amide bonds. The van der Waals surface area contributed by atoms with Gasteiger partial charge in [-0.2, -0.15) is 5.10 Å². The minimum absolute atomic E-state index is 0.0572. The highest BCUT2D eigenvalue weighted by atomic mass is 16.5. The van der Waals surface area contributed by atoms with Crippen molar-refractivity contribution in [2.24, 2.45) is 5.10 Å². The van der Waals surface area contributed by atoms with E-state index in [9.17, 15) is 4.79 Å². The van der Waals surface area contributed by atoms with Crippen LogP contribution in [0.15, 0.2) is 53.6 Å². The third kappa shape index (κ3) is 5.06. The van der Waals surface area contributed by atoms with Crippen molar-refractivity contribution in [2.75, 3.05) is 13.7 Å². The van der Waals surface area contributed by atoms with Crippen LogP contribution in [0.4, 0.5) is 0 Å². The first kappa shape index (κ1) is 18.9. The second kappa shape index (κ2) is 9.16. The fraction of sp³-hybridized carbons (Fsp3) is 0.300. The van der Waals surface area contributed by atoms with E-state index in [2.05, 4.69) is 21.4 Å². The lowest BCUT2D eigenvalue weighted by Gasteiger charge is -2.10. The normalized spacial score (nSPS) is 19.2. The molecular formula is C20H24N4O3. The molecule has 0 bridgehead atoms. The maximum atomic E-state index is 12.3. The van der Waals surface area contributed by atoms with Crippen molar-refractivity contribution >= 4 is 12.1 Å². The summed E-state index contributed by atoms with van der Waals surface area (Å²) < 4.78 is 10.6. The van der Waals surface area contributed by atoms with E-state index in [1.165, 1.54) is 0 Å². The summed E-state index contributed by atoms with van der Waals surface area (Å²) in [5, 5.41) is 4.03. The second-order valence-corrected chi connectivity index (χ2v) is 6.14. The average Bonchev–Trinajstić information content (AvgIpc) is 3.20. The fourth-order valence-electron chi connectivity index (χ4n) is 2.85. The van der Waals surface area contributed by atoms with E-state index in [0.29, 0.717) is 13.0 Å². The maximum absolute atomic E-state index is 12.3. The molecule has 2 unspecified atom stereocenters. The van der Waals surface area contributed by atoms with Crippen molar-refractivity contribution in [3.63, 3.8) is 0 Å². The number of rotatable bonds is 7. The zero-order valence-electron chi connectivity index (χ0n) is 15.4. The van der Waals surface area contributed by atoms with Crippen molar-refractivity contribution in [3.05, 3.63) is 59.7 Å². The van der Waals surface area contributed by atoms with Crippen LogP contribution in [0.25, 0.3) is 0 Å². The summed E-state index contributed by atoms with van der Waals surface area (Å²) in [5.41, 5.74) is 10.7. The number of amides is 1. The third-order valence-corrected chi connectivity index (χ3v) is 4.32. The SMILES string of the molecule is CCOc1ccc(/C=N/NC(=O)C2CC(c3ccc(OC)cc3)NN2)cc1. The molecular weight excluding hydrogens is 344 g/mol. The van der Waals surface area contributed by atoms with Gasteiger partial charge < -0.3 is 9.47 Å². The van der Waals surface area contributed by atoms with E-state index in [4.69, 9.17) is 9.47 Å². The first-order valence-electron chi connectivity index (χ1n) is 8.90. The average molecular weight is 368 g/mol. The van der Waals surface area contributed by atoms with Crippen molar-refractivity contribution in [3.8, 4) is 11.5 Å². The van der Waals surface area contributed by atoms with Gasteiger partial charge in [-0.05, 0) is 60.9 Å². The van der Waals surface area contributed by atoms with Crippen LogP contribution < -0.4 is 25.8 Å². The Balaban J connectivity index is 1.49. The Bertz CT molecular complexity index is 775. The molecule has 0 aromatic heterocycles. The Morgan fingerprint density at radius 3 is 2.52 bits per heavy atom. The number of hydrogen-bond acceptors (Lipinski definition) is 6. The third-order valence-electron chi connectivity index (χ3n) is 4.32. The molecule has 1 fully saturated rings. The highest BCUT2D eigenvalue weighted by Gasteiger charge is 2.29. The van der Waals surface area contributed by atoms with E-state index in [0.717, 1.165) is 22.6 Å². The summed E-state index contributed by atoms with van der Waals surface area (Å²) in [7, 11) is 1.64. The molecule has 1 aliphatic heterocycles. The molecule has 2 atom stereocenters. The van der Waals surface area contributed by atoms with Crippen molar-refractivity contribution in [1.29, 1.82) is 0 Å². The van der Waals surface area contributed by atoms with Crippen LogP contribution in [0.5, 0.6) is 11.5 Å². The molecule has 3 rings (SSSR count). The second-order valence-electron chi connectivity index (χ2n) is 6.14. The quantitative estimate of drug-likeness (QED) is 0.515. The van der Waals surface area contributed by atoms with Gasteiger partial charge in [0.05, 0.1) is 19.9 Å². The fourth-order valence-corrected chi connectivity index (χ4v) is 2.85. The molecule has 0 spiro atoms. The number of nitrogens with one attached hydrogen (secondary N) is 3. The smallest absolute Gasteiger partial charge is 0.258 e. The summed E-state index contributed by atoms with van der Waals surface area (Å²) >= 11 is 0. The van der Waals surface area contributed by atoms with Crippen molar-refractivity contribution in [2.45, 2.75) is 25.4 Å². The minimum Gasteiger partial charge on any atom is -0.497 e. The predicted molar refractivity (Wildman–Crippen MR) is 104 cm³/mol. The van der Waals surface area contributed by atoms with Gasteiger partial charge in [-0.1, -0.05) is 12.1 Å². The predicted octanol–water partition coefficient (Wildman–Crippen LogP) is 2.15. The van der Waals surface area contributed by atoms with Gasteiger partial charge in [-0.15, -0.1) is 0 Å². The van der Waals surface area contributed by atoms with Gasteiger partial charge in [0, 0.05) is 6.04 Å². The van der Waals surface area contributed by atoms with Gasteiger partial charge in [0.25, 0.3) is 5.91 Å². The first-order chi connectivity index (χ1) is 13.2. The number of carbonyl (C=O) groups excluding carboxylic acids is 1. The van der Waals surface area contributed by atoms with Gasteiger partial charge in [-0.25, -0.2) is 16.3 Å². The topological polar surface area (TPSA) is 84.0 Å². The Morgan fingerprint density at radius 2 is 1.85 bits per heavy atom. The lowest BCUT2D eigenvalue weighted by molar-refractivity contribution is -0.122. The molecule has 7 heteroatoms. The number of methoxy groups -OCH3 is 1. The summed E-state index contributed by atoms with van der Waals surface area (Å²) in [6.07, 6.45) is 2.24. The number of hydrazone groups is 1. The van der Waals surface area contributed by atoms with E-state index >= 15 is 0 Å². The van der Waals surface area contributed by atoms with Gasteiger partial charge in [0.15, 0.2) is 0 Å². The molecule has 2 aromatic carbocycles. The van der Waals surface area contributed by atoms with Crippen LogP contribution in [0.3, 0.4) is 0 Å². The molecule has 1 saturated heterocycles. The molecule has 7 nitrogen and oxygen atoms in total. The molecule has 3 N–H and O–H groups in total. The monoisotopic (exact) mass is 368 g/mol. The van der Waals surface area contributed by atoms with E-state index in [-0.39, 0.29) is 18.0 Å². The molecule has 0 radical (unpaired) electrons. The highest BCUT2D eigenvalue weighted by molar-refractivity contribution is 5.85. The Morgan fingerprint density at radius 1 is 1.15 bits per heavy atom. The Kier molecular flexibility index (Phi) is 6.40. The van der Waals surface area contributed by atoms with Crippen LogP contribution in [0, 0.1) is 0 Å². The van der Waals surface area contributed by atoms with Crippen LogP contribution >= 0.6 is 0 Å². The molecule has 27 heavy (non-hydrogen) atoms. The van der Waals surface area contributed by atoms with Crippen LogP contribution in [0.2, 0.25) is 0 Å². The number of benzene rings is 2. The number of hydrogen-bond donors (Lipinski definition) is 3. The zero-order chi connectivity index (χ0) is 19.1. The summed E-state index contributed by atoms with van der Waals surface area (Å²) in [5.74, 6) is 1.44. The number of nitrogens with zero attached hydrogens (tertiary/aromatic N) is 1. The maximum Gasteiger partial charge on any atom is 0.258 e. The van der Waals surface area contributed by atoms with Crippen LogP contribution in [-0.4, -0.2) is 31.9 Å². The summed E-state index contributed by atoms with van der Waals surface area (Å²) in [6.45, 7) is 2.57. The molecule has 142 valence electrons. The highest BCUT2D eigenvalue weighted by Crippen LogP contribution is 2.24. The largest absolute Gasteiger partial charge is 0.497 e. The summed E-state index contributed by atoms with van der Waals surface area (Å²) in [6, 6.07) is 15.0. The lowest BCUT2D eigenvalue weighted by Crippen LogP contribution is -2.41. The van der Waals surface area contributed by atoms with Crippen molar-refractivity contribution < 1.29 is 14.3 Å². The van der Waals surface area contributed by atoms with Crippen LogP contribution in [0.1, 0.15) is 30.5 Å². The van der Waals surface area contributed by atoms with Gasteiger partial charge in [-0.3, -0.25) is 4.79 Å². The number of carbonyl (C=O) groups is 1. The van der Waals surface area contributed by atoms with E-state index in [1.54, 1.807) is 13.3 Å². The standard InChI is InChI=1S/C20H24N4O3/c1-3-27-17-8-4-14(5-9-17)13-21-24-20(25)19-12-18(22-23-19)15-6-10-16(26-2)11-7-15/h4-11,13,18-19,22-23H,3,12H2,1-2H3,(H,24,25)/b21-13+. The Labute approximate surface area is 158 Å². The van der Waals surface area contributed by atoms with Gasteiger partial charge in [0.2, 0.25) is 0 Å². The van der Waals surface area contributed by atoms with E-state index < -0.39 is 0 Å². The molecule has 0 saturated carbocycles. The Hall–Kier alpha value is -2.90. The zero-order valence-corrected chi connectivity index (χ0v) is 15.4. The lowest BCUT2D eigenvalue weighted by atomic mass is 10.0. The molecule has 1 aliphatic rings. The van der Waals surface area contributed by atoms with Gasteiger partial charge in [0.1, 0.15) is 17.5 Å². The first-order valence-corrected chi connectivity index (χ1v) is 8.90. The summed E-state index contributed by atoms with van der Waals surface area (Å²) in [4.78, 5) is 12.3. The van der Waals surface area contributed by atoms with Crippen molar-refractivity contribution in [1.82, 2.24) is 16.3 Å². The minimum atomic E-state index is -0.352. The number of ether oxygens (including phenoxy) is 2. The molecule has 1 heterocycles. The van der Waals surface area contributed by atoms with E-state index in [1.807, 2.05) is 55.5 Å².